The molecule has 0 atom stereocenters. The molecule has 0 amide bonds. The van der Waals surface area contributed by atoms with Crippen molar-refractivity contribution in [3.05, 3.63) is 12.3 Å². The van der Waals surface area contributed by atoms with Gasteiger partial charge >= 0.3 is 0 Å². The SMILES string of the molecule is CON1CC=[C]O1. The molecule has 1 aliphatic heterocycles. The smallest absolute Gasteiger partial charge is 0.192 e. The van der Waals surface area contributed by atoms with Gasteiger partial charge in [0.15, 0.2) is 6.26 Å². The molecule has 0 bridgehead atoms. The topological polar surface area (TPSA) is 21.7 Å². The first-order valence-electron chi connectivity index (χ1n) is 1.99. The molecule has 0 aromatic rings. The zero-order chi connectivity index (χ0) is 5.11. The highest BCUT2D eigenvalue weighted by Gasteiger charge is 2.03. The maximum Gasteiger partial charge on any atom is 0.192 e. The first-order chi connectivity index (χ1) is 3.43. The van der Waals surface area contributed by atoms with E-state index in [0.717, 1.165) is 0 Å². The minimum Gasteiger partial charge on any atom is -0.376 e. The fraction of sp³-hybridized carbons (Fsp3) is 0.500. The Labute approximate surface area is 42.0 Å². The van der Waals surface area contributed by atoms with Crippen LogP contribution in [0.4, 0.5) is 0 Å². The van der Waals surface area contributed by atoms with Crippen LogP contribution in [0.25, 0.3) is 0 Å². The molecule has 1 radical (unpaired) electrons. The van der Waals surface area contributed by atoms with Gasteiger partial charge in [0.25, 0.3) is 0 Å². The van der Waals surface area contributed by atoms with Crippen LogP contribution in [-0.2, 0) is 9.68 Å². The van der Waals surface area contributed by atoms with Gasteiger partial charge in [0.1, 0.15) is 0 Å². The third kappa shape index (κ3) is 0.913. The lowest BCUT2D eigenvalue weighted by molar-refractivity contribution is -0.315. The Kier molecular flexibility index (Phi) is 1.29. The third-order valence-corrected chi connectivity index (χ3v) is 0.682. The van der Waals surface area contributed by atoms with E-state index in [4.69, 9.17) is 0 Å². The predicted octanol–water partition coefficient (Wildman–Crippen LogP) is 0.112. The lowest BCUT2D eigenvalue weighted by atomic mass is 10.7. The summed E-state index contributed by atoms with van der Waals surface area (Å²) in [5.74, 6) is 0. The van der Waals surface area contributed by atoms with Crippen LogP contribution in [0.1, 0.15) is 0 Å². The lowest BCUT2D eigenvalue weighted by Gasteiger charge is -2.07. The summed E-state index contributed by atoms with van der Waals surface area (Å²) in [6.45, 7) is 0.663. The van der Waals surface area contributed by atoms with E-state index in [1.807, 2.05) is 0 Å². The summed E-state index contributed by atoms with van der Waals surface area (Å²) in [4.78, 5) is 9.24. The maximum atomic E-state index is 4.63. The summed E-state index contributed by atoms with van der Waals surface area (Å²) < 4.78 is 0. The molecule has 0 N–H and O–H groups in total. The van der Waals surface area contributed by atoms with Crippen LogP contribution in [0.15, 0.2) is 6.08 Å². The Bertz CT molecular complexity index is 73.8. The Morgan fingerprint density at radius 1 is 2.00 bits per heavy atom. The quantitative estimate of drug-likeness (QED) is 0.467. The van der Waals surface area contributed by atoms with Gasteiger partial charge in [-0.05, 0) is 11.3 Å². The number of nitrogens with zero attached hydrogens (tertiary/aromatic N) is 1. The first kappa shape index (κ1) is 4.61. The van der Waals surface area contributed by atoms with Gasteiger partial charge in [-0.15, -0.1) is 0 Å². The molecule has 7 heavy (non-hydrogen) atoms. The van der Waals surface area contributed by atoms with E-state index in [2.05, 4.69) is 15.9 Å². The normalized spacial score (nSPS) is 20.1. The van der Waals surface area contributed by atoms with Gasteiger partial charge in [-0.1, -0.05) is 0 Å². The minimum atomic E-state index is 0.663. The number of rotatable bonds is 1. The highest BCUT2D eigenvalue weighted by atomic mass is 16.9. The average Bonchev–Trinajstić information content (AvgIpc) is 2.14. The fourth-order valence-corrected chi connectivity index (χ4v) is 0.357. The molecule has 0 fully saturated rings. The van der Waals surface area contributed by atoms with Crippen molar-refractivity contribution < 1.29 is 9.68 Å². The summed E-state index contributed by atoms with van der Waals surface area (Å²) >= 11 is 0. The third-order valence-electron chi connectivity index (χ3n) is 0.682. The molecule has 1 heterocycles. The molecule has 39 valence electrons. The monoisotopic (exact) mass is 100 g/mol. The molecule has 0 aromatic carbocycles. The highest BCUT2D eigenvalue weighted by molar-refractivity contribution is 4.71. The maximum absolute atomic E-state index is 4.63. The van der Waals surface area contributed by atoms with Gasteiger partial charge < -0.3 is 4.84 Å². The Morgan fingerprint density at radius 2 is 2.86 bits per heavy atom. The van der Waals surface area contributed by atoms with Crippen LogP contribution in [-0.4, -0.2) is 18.9 Å². The van der Waals surface area contributed by atoms with Crippen molar-refractivity contribution in [3.63, 3.8) is 0 Å². The van der Waals surface area contributed by atoms with Gasteiger partial charge in [0, 0.05) is 0 Å². The molecule has 3 heteroatoms. The molecule has 0 saturated heterocycles. The highest BCUT2D eigenvalue weighted by Crippen LogP contribution is 1.97. The van der Waals surface area contributed by atoms with Crippen molar-refractivity contribution in [1.29, 1.82) is 0 Å². The Balaban J connectivity index is 2.22. The Hall–Kier alpha value is -0.540. The van der Waals surface area contributed by atoms with E-state index in [-0.39, 0.29) is 0 Å². The minimum absolute atomic E-state index is 0.663. The largest absolute Gasteiger partial charge is 0.376 e. The van der Waals surface area contributed by atoms with E-state index in [1.165, 1.54) is 5.23 Å². The van der Waals surface area contributed by atoms with Crippen LogP contribution in [0.2, 0.25) is 0 Å². The lowest BCUT2D eigenvalue weighted by Crippen LogP contribution is -2.15. The molecule has 0 unspecified atom stereocenters. The van der Waals surface area contributed by atoms with E-state index in [9.17, 15) is 0 Å². The Morgan fingerprint density at radius 3 is 3.14 bits per heavy atom. The van der Waals surface area contributed by atoms with Crippen molar-refractivity contribution in [2.24, 2.45) is 0 Å². The van der Waals surface area contributed by atoms with Crippen LogP contribution in [0, 0.1) is 6.26 Å². The summed E-state index contributed by atoms with van der Waals surface area (Å²) in [5.41, 5.74) is 0. The summed E-state index contributed by atoms with van der Waals surface area (Å²) in [6, 6.07) is 0. The standard InChI is InChI=1S/C4H6NO2/c1-6-5-3-2-4-7-5/h2H,3H2,1H3. The molecule has 0 aliphatic carbocycles. The van der Waals surface area contributed by atoms with Crippen molar-refractivity contribution in [2.75, 3.05) is 13.7 Å². The summed E-state index contributed by atoms with van der Waals surface area (Å²) in [7, 11) is 1.54. The summed E-state index contributed by atoms with van der Waals surface area (Å²) in [5, 5.41) is 1.32. The number of hydrogen-bond donors (Lipinski definition) is 0. The van der Waals surface area contributed by atoms with Gasteiger partial charge in [-0.2, -0.15) is 0 Å². The molecule has 0 saturated carbocycles. The van der Waals surface area contributed by atoms with Gasteiger partial charge in [0.05, 0.1) is 13.7 Å². The number of hydrogen-bond acceptors (Lipinski definition) is 3. The van der Waals surface area contributed by atoms with Crippen LogP contribution >= 0.6 is 0 Å². The van der Waals surface area contributed by atoms with Crippen molar-refractivity contribution >= 4 is 0 Å². The van der Waals surface area contributed by atoms with Crippen LogP contribution in [0.3, 0.4) is 0 Å². The summed E-state index contributed by atoms with van der Waals surface area (Å²) in [6.07, 6.45) is 4.24. The van der Waals surface area contributed by atoms with Gasteiger partial charge in [-0.3, -0.25) is 4.84 Å². The van der Waals surface area contributed by atoms with E-state index in [1.54, 1.807) is 13.2 Å². The van der Waals surface area contributed by atoms with Gasteiger partial charge in [-0.25, -0.2) is 0 Å². The second-order valence-electron chi connectivity index (χ2n) is 1.11. The van der Waals surface area contributed by atoms with Crippen molar-refractivity contribution in [1.82, 2.24) is 5.23 Å². The van der Waals surface area contributed by atoms with Crippen molar-refractivity contribution in [2.45, 2.75) is 0 Å². The second kappa shape index (κ2) is 1.95. The van der Waals surface area contributed by atoms with E-state index >= 15 is 0 Å². The molecule has 3 nitrogen and oxygen atoms in total. The molecule has 1 aliphatic rings. The van der Waals surface area contributed by atoms with E-state index < -0.39 is 0 Å². The van der Waals surface area contributed by atoms with Crippen LogP contribution < -0.4 is 0 Å². The van der Waals surface area contributed by atoms with Crippen LogP contribution in [0.5, 0.6) is 0 Å². The average molecular weight is 100 g/mol. The zero-order valence-electron chi connectivity index (χ0n) is 4.05. The first-order valence-corrected chi connectivity index (χ1v) is 1.99. The molecule has 0 aromatic heterocycles. The zero-order valence-corrected chi connectivity index (χ0v) is 4.05. The molecular formula is C4H6NO2. The van der Waals surface area contributed by atoms with Gasteiger partial charge in [0.2, 0.25) is 0 Å². The fourth-order valence-electron chi connectivity index (χ4n) is 0.357. The number of hydroxylamine groups is 2. The van der Waals surface area contributed by atoms with Crippen molar-refractivity contribution in [3.8, 4) is 0 Å². The molecule has 0 spiro atoms. The van der Waals surface area contributed by atoms with E-state index in [0.29, 0.717) is 6.54 Å². The molecular weight excluding hydrogens is 94.0 g/mol. The second-order valence-corrected chi connectivity index (χ2v) is 1.11. The molecule has 1 rings (SSSR count). The predicted molar refractivity (Wildman–Crippen MR) is 22.6 cm³/mol.